The van der Waals surface area contributed by atoms with Crippen LogP contribution >= 0.6 is 12.2 Å². The van der Waals surface area contributed by atoms with Crippen LogP contribution in [0.4, 0.5) is 10.1 Å². The van der Waals surface area contributed by atoms with E-state index in [1.807, 2.05) is 0 Å². The molecule has 2 N–H and O–H groups in total. The molecule has 24 heavy (non-hydrogen) atoms. The number of nitrogens with one attached hydrogen (secondary N) is 2. The smallest absolute Gasteiger partial charge is 0.248 e. The number of carbonyl (C=O) groups is 3. The summed E-state index contributed by atoms with van der Waals surface area (Å²) in [7, 11) is 0. The number of anilines is 1. The molecule has 3 rings (SSSR count). The van der Waals surface area contributed by atoms with E-state index in [9.17, 15) is 18.8 Å². The van der Waals surface area contributed by atoms with Crippen molar-refractivity contribution >= 4 is 40.7 Å². The number of amides is 3. The van der Waals surface area contributed by atoms with Crippen LogP contribution < -0.4 is 10.6 Å². The highest BCUT2D eigenvalue weighted by molar-refractivity contribution is 7.80. The SMILES string of the molecule is CC1(C)C(=O)NC(=S)N2C(=O)C[C@@H](C(=O)Nc3ccccc3F)N21. The lowest BCUT2D eigenvalue weighted by Gasteiger charge is -2.45. The molecule has 0 aromatic heterocycles. The summed E-state index contributed by atoms with van der Waals surface area (Å²) in [5.41, 5.74) is -1.15. The van der Waals surface area contributed by atoms with Crippen LogP contribution in [0, 0.1) is 5.82 Å². The quantitative estimate of drug-likeness (QED) is 0.770. The molecule has 9 heteroatoms. The molecule has 0 saturated carbocycles. The summed E-state index contributed by atoms with van der Waals surface area (Å²) in [6, 6.07) is 4.76. The molecule has 2 heterocycles. The molecule has 2 saturated heterocycles. The molecule has 1 aromatic carbocycles. The Balaban J connectivity index is 1.92. The van der Waals surface area contributed by atoms with Crippen LogP contribution in [0.25, 0.3) is 0 Å². The Labute approximate surface area is 142 Å². The standard InChI is InChI=1S/C15H15FN4O3S/c1-15(2)13(23)18-14(24)19-11(21)7-10(20(15)19)12(22)17-9-6-4-3-5-8(9)16/h3-6,10H,7H2,1-2H3,(H,17,22)(H,18,23,24)/t10-/m0/s1. The molecule has 2 fully saturated rings. The van der Waals surface area contributed by atoms with Gasteiger partial charge in [-0.15, -0.1) is 0 Å². The predicted molar refractivity (Wildman–Crippen MR) is 86.9 cm³/mol. The Morgan fingerprint density at radius 2 is 2.04 bits per heavy atom. The van der Waals surface area contributed by atoms with Crippen molar-refractivity contribution in [3.8, 4) is 0 Å². The molecule has 0 unspecified atom stereocenters. The van der Waals surface area contributed by atoms with E-state index >= 15 is 0 Å². The topological polar surface area (TPSA) is 81.8 Å². The monoisotopic (exact) mass is 350 g/mol. The van der Waals surface area contributed by atoms with Crippen molar-refractivity contribution < 1.29 is 18.8 Å². The normalized spacial score (nSPS) is 23.0. The van der Waals surface area contributed by atoms with Gasteiger partial charge in [0.15, 0.2) is 5.11 Å². The predicted octanol–water partition coefficient (Wildman–Crippen LogP) is 0.775. The number of rotatable bonds is 2. The van der Waals surface area contributed by atoms with E-state index in [4.69, 9.17) is 12.2 Å². The zero-order valence-corrected chi connectivity index (χ0v) is 13.8. The van der Waals surface area contributed by atoms with Crippen LogP contribution in [-0.2, 0) is 14.4 Å². The Hall–Kier alpha value is -2.39. The third kappa shape index (κ3) is 2.45. The van der Waals surface area contributed by atoms with Crippen molar-refractivity contribution in [3.63, 3.8) is 0 Å². The van der Waals surface area contributed by atoms with E-state index in [1.54, 1.807) is 19.9 Å². The molecular weight excluding hydrogens is 335 g/mol. The first kappa shape index (κ1) is 16.5. The summed E-state index contributed by atoms with van der Waals surface area (Å²) in [6.07, 6.45) is -0.154. The van der Waals surface area contributed by atoms with E-state index in [-0.39, 0.29) is 17.2 Å². The van der Waals surface area contributed by atoms with Gasteiger partial charge < -0.3 is 5.32 Å². The number of halogens is 1. The summed E-state index contributed by atoms with van der Waals surface area (Å²) >= 11 is 5.03. The number of benzene rings is 1. The minimum atomic E-state index is -1.16. The van der Waals surface area contributed by atoms with Gasteiger partial charge >= 0.3 is 0 Å². The third-order valence-electron chi connectivity index (χ3n) is 4.09. The second kappa shape index (κ2) is 5.60. The number of carbonyl (C=O) groups excluding carboxylic acids is 3. The van der Waals surface area contributed by atoms with Crippen LogP contribution in [0.1, 0.15) is 20.3 Å². The van der Waals surface area contributed by atoms with Gasteiger partial charge in [0.05, 0.1) is 12.1 Å². The fraction of sp³-hybridized carbons (Fsp3) is 0.333. The van der Waals surface area contributed by atoms with Gasteiger partial charge in [0.1, 0.15) is 17.4 Å². The molecule has 0 radical (unpaired) electrons. The number of fused-ring (bicyclic) bond motifs is 1. The number of hydrogen-bond acceptors (Lipinski definition) is 5. The number of para-hydroxylation sites is 1. The van der Waals surface area contributed by atoms with Gasteiger partial charge in [0, 0.05) is 0 Å². The molecule has 0 bridgehead atoms. The molecule has 1 aromatic rings. The minimum absolute atomic E-state index is 0.00948. The van der Waals surface area contributed by atoms with Gasteiger partial charge in [-0.25, -0.2) is 9.40 Å². The highest BCUT2D eigenvalue weighted by Gasteiger charge is 2.56. The van der Waals surface area contributed by atoms with Crippen LogP contribution in [0.3, 0.4) is 0 Å². The third-order valence-corrected chi connectivity index (χ3v) is 4.37. The Kier molecular flexibility index (Phi) is 3.84. The van der Waals surface area contributed by atoms with E-state index in [1.165, 1.54) is 23.2 Å². The highest BCUT2D eigenvalue weighted by atomic mass is 32.1. The van der Waals surface area contributed by atoms with Crippen molar-refractivity contribution in [2.24, 2.45) is 0 Å². The summed E-state index contributed by atoms with van der Waals surface area (Å²) in [6.45, 7) is 3.16. The first-order valence-electron chi connectivity index (χ1n) is 7.26. The fourth-order valence-corrected chi connectivity index (χ4v) is 3.12. The molecule has 7 nitrogen and oxygen atoms in total. The van der Waals surface area contributed by atoms with Crippen molar-refractivity contribution in [1.82, 2.24) is 15.3 Å². The lowest BCUT2D eigenvalue weighted by Crippen LogP contribution is -2.71. The maximum absolute atomic E-state index is 13.7. The number of hydrazine groups is 1. The largest absolute Gasteiger partial charge is 0.322 e. The Bertz CT molecular complexity index is 767. The first-order chi connectivity index (χ1) is 11.2. The molecule has 2 aliphatic heterocycles. The number of nitrogens with zero attached hydrogens (tertiary/aromatic N) is 2. The summed E-state index contributed by atoms with van der Waals surface area (Å²) in [5.74, 6) is -1.98. The summed E-state index contributed by atoms with van der Waals surface area (Å²) in [4.78, 5) is 37.0. The minimum Gasteiger partial charge on any atom is -0.322 e. The molecule has 126 valence electrons. The van der Waals surface area contributed by atoms with E-state index in [0.29, 0.717) is 0 Å². The van der Waals surface area contributed by atoms with Crippen molar-refractivity contribution in [1.29, 1.82) is 0 Å². The van der Waals surface area contributed by atoms with Crippen LogP contribution in [0.5, 0.6) is 0 Å². The van der Waals surface area contributed by atoms with Crippen molar-refractivity contribution in [3.05, 3.63) is 30.1 Å². The molecular formula is C15H15FN4O3S. The second-order valence-electron chi connectivity index (χ2n) is 6.06. The van der Waals surface area contributed by atoms with Crippen LogP contribution in [0.2, 0.25) is 0 Å². The average molecular weight is 350 g/mol. The lowest BCUT2D eigenvalue weighted by molar-refractivity contribution is -0.154. The maximum Gasteiger partial charge on any atom is 0.248 e. The van der Waals surface area contributed by atoms with Crippen molar-refractivity contribution in [2.75, 3.05) is 5.32 Å². The van der Waals surface area contributed by atoms with Gasteiger partial charge in [-0.2, -0.15) is 5.01 Å². The fourth-order valence-electron chi connectivity index (χ4n) is 2.84. The Morgan fingerprint density at radius 1 is 1.38 bits per heavy atom. The zero-order chi connectivity index (χ0) is 17.6. The van der Waals surface area contributed by atoms with Gasteiger partial charge in [0.25, 0.3) is 0 Å². The first-order valence-corrected chi connectivity index (χ1v) is 7.67. The van der Waals surface area contributed by atoms with Crippen LogP contribution in [0.15, 0.2) is 24.3 Å². The van der Waals surface area contributed by atoms with Gasteiger partial charge in [-0.1, -0.05) is 12.1 Å². The lowest BCUT2D eigenvalue weighted by atomic mass is 10.00. The molecule has 3 amide bonds. The van der Waals surface area contributed by atoms with E-state index < -0.39 is 35.1 Å². The summed E-state index contributed by atoms with van der Waals surface area (Å²) in [5, 5.41) is 7.33. The molecule has 0 spiro atoms. The zero-order valence-electron chi connectivity index (χ0n) is 13.0. The Morgan fingerprint density at radius 3 is 2.71 bits per heavy atom. The van der Waals surface area contributed by atoms with Gasteiger partial charge in [-0.3, -0.25) is 19.7 Å². The average Bonchev–Trinajstić information content (AvgIpc) is 2.87. The second-order valence-corrected chi connectivity index (χ2v) is 6.44. The molecule has 2 aliphatic rings. The van der Waals surface area contributed by atoms with E-state index in [0.717, 1.165) is 5.01 Å². The molecule has 1 atom stereocenters. The van der Waals surface area contributed by atoms with Crippen LogP contribution in [-0.4, -0.2) is 44.4 Å². The van der Waals surface area contributed by atoms with Crippen molar-refractivity contribution in [2.45, 2.75) is 31.8 Å². The summed E-state index contributed by atoms with van der Waals surface area (Å²) < 4.78 is 13.7. The van der Waals surface area contributed by atoms with Gasteiger partial charge in [0.2, 0.25) is 17.7 Å². The molecule has 0 aliphatic carbocycles. The maximum atomic E-state index is 13.7. The number of thiocarbonyl (C=S) groups is 1. The van der Waals surface area contributed by atoms with Gasteiger partial charge in [-0.05, 0) is 38.2 Å². The number of hydrogen-bond donors (Lipinski definition) is 2. The highest BCUT2D eigenvalue weighted by Crippen LogP contribution is 2.33. The van der Waals surface area contributed by atoms with E-state index in [2.05, 4.69) is 10.6 Å².